The van der Waals surface area contributed by atoms with Crippen molar-refractivity contribution in [3.8, 4) is 44.5 Å². The summed E-state index contributed by atoms with van der Waals surface area (Å²) in [7, 11) is 0. The molecule has 1 aliphatic rings. The Morgan fingerprint density at radius 3 is 1.58 bits per heavy atom. The van der Waals surface area contributed by atoms with Crippen LogP contribution in [0, 0.1) is 0 Å². The lowest BCUT2D eigenvalue weighted by atomic mass is 9.81. The van der Waals surface area contributed by atoms with E-state index in [9.17, 15) is 0 Å². The van der Waals surface area contributed by atoms with Gasteiger partial charge in [-0.2, -0.15) is 0 Å². The van der Waals surface area contributed by atoms with Gasteiger partial charge in [0, 0.05) is 42.6 Å². The summed E-state index contributed by atoms with van der Waals surface area (Å²) in [5.74, 6) is 0. The highest BCUT2D eigenvalue weighted by Crippen LogP contribution is 2.52. The van der Waals surface area contributed by atoms with Crippen LogP contribution in [0.3, 0.4) is 0 Å². The van der Waals surface area contributed by atoms with Crippen LogP contribution in [0.25, 0.3) is 64.7 Å². The quantitative estimate of drug-likeness (QED) is 0.167. The molecule has 1 heterocycles. The average molecular weight is 696 g/mol. The van der Waals surface area contributed by atoms with E-state index in [1.165, 1.54) is 75.8 Å². The Morgan fingerprint density at radius 1 is 0.377 bits per heavy atom. The van der Waals surface area contributed by atoms with E-state index in [0.29, 0.717) is 0 Å². The van der Waals surface area contributed by atoms with Gasteiger partial charge in [0.1, 0.15) is 0 Å². The maximum atomic E-state index is 2.43. The molecule has 9 aromatic rings. The molecule has 53 heavy (non-hydrogen) atoms. The van der Waals surface area contributed by atoms with Gasteiger partial charge in [-0.3, -0.25) is 0 Å². The fourth-order valence-electron chi connectivity index (χ4n) is 8.32. The fraction of sp³-hybridized carbons (Fsp3) is 0.0588. The molecule has 0 saturated heterocycles. The third-order valence-corrected chi connectivity index (χ3v) is 12.3. The summed E-state index contributed by atoms with van der Waals surface area (Å²) in [4.78, 5) is 2.41. The minimum atomic E-state index is -0.152. The zero-order valence-corrected chi connectivity index (χ0v) is 30.6. The maximum absolute atomic E-state index is 2.43. The number of hydrogen-bond donors (Lipinski definition) is 0. The Kier molecular flexibility index (Phi) is 7.42. The summed E-state index contributed by atoms with van der Waals surface area (Å²) in [5.41, 5.74) is 16.1. The molecule has 2 heteroatoms. The molecule has 0 amide bonds. The van der Waals surface area contributed by atoms with Crippen molar-refractivity contribution >= 4 is 48.6 Å². The van der Waals surface area contributed by atoms with Gasteiger partial charge in [-0.25, -0.2) is 0 Å². The molecule has 0 spiro atoms. The third kappa shape index (κ3) is 5.29. The van der Waals surface area contributed by atoms with Gasteiger partial charge >= 0.3 is 0 Å². The molecule has 1 nitrogen and oxygen atoms in total. The van der Waals surface area contributed by atoms with Crippen LogP contribution >= 0.6 is 11.3 Å². The minimum absolute atomic E-state index is 0.152. The second-order valence-electron chi connectivity index (χ2n) is 14.6. The van der Waals surface area contributed by atoms with Crippen LogP contribution in [0.4, 0.5) is 17.1 Å². The van der Waals surface area contributed by atoms with Crippen molar-refractivity contribution in [1.29, 1.82) is 0 Å². The highest BCUT2D eigenvalue weighted by molar-refractivity contribution is 7.26. The summed E-state index contributed by atoms with van der Waals surface area (Å²) in [5, 5.41) is 2.65. The third-order valence-electron chi connectivity index (χ3n) is 11.1. The van der Waals surface area contributed by atoms with Crippen molar-refractivity contribution in [2.75, 3.05) is 4.90 Å². The van der Waals surface area contributed by atoms with E-state index in [-0.39, 0.29) is 5.41 Å². The van der Waals surface area contributed by atoms with Gasteiger partial charge in [0.25, 0.3) is 0 Å². The Morgan fingerprint density at radius 2 is 0.887 bits per heavy atom. The molecule has 0 N–H and O–H groups in total. The highest BCUT2D eigenvalue weighted by Gasteiger charge is 2.36. The smallest absolute Gasteiger partial charge is 0.0465 e. The van der Waals surface area contributed by atoms with Crippen LogP contribution < -0.4 is 4.90 Å². The Balaban J connectivity index is 1.07. The lowest BCUT2D eigenvalue weighted by molar-refractivity contribution is 0.660. The van der Waals surface area contributed by atoms with E-state index in [1.54, 1.807) is 0 Å². The molecule has 252 valence electrons. The number of rotatable bonds is 6. The van der Waals surface area contributed by atoms with Crippen LogP contribution in [0.15, 0.2) is 188 Å². The molecule has 0 atom stereocenters. The Labute approximate surface area is 315 Å². The van der Waals surface area contributed by atoms with Crippen molar-refractivity contribution in [3.05, 3.63) is 199 Å². The zero-order chi connectivity index (χ0) is 35.5. The minimum Gasteiger partial charge on any atom is -0.310 e. The van der Waals surface area contributed by atoms with E-state index in [2.05, 4.69) is 207 Å². The molecule has 0 fully saturated rings. The predicted molar refractivity (Wildman–Crippen MR) is 228 cm³/mol. The molecule has 10 rings (SSSR count). The zero-order valence-electron chi connectivity index (χ0n) is 29.8. The monoisotopic (exact) mass is 695 g/mol. The fourth-order valence-corrected chi connectivity index (χ4v) is 9.56. The van der Waals surface area contributed by atoms with Crippen molar-refractivity contribution in [1.82, 2.24) is 0 Å². The average Bonchev–Trinajstić information content (AvgIpc) is 3.71. The predicted octanol–water partition coefficient (Wildman–Crippen LogP) is 14.8. The van der Waals surface area contributed by atoms with E-state index in [4.69, 9.17) is 0 Å². The summed E-state index contributed by atoms with van der Waals surface area (Å²) in [6, 6.07) is 69.0. The second-order valence-corrected chi connectivity index (χ2v) is 15.6. The van der Waals surface area contributed by atoms with Gasteiger partial charge in [0.05, 0.1) is 0 Å². The molecule has 1 aliphatic carbocycles. The molecule has 1 aromatic heterocycles. The van der Waals surface area contributed by atoms with E-state index in [0.717, 1.165) is 17.1 Å². The number of thiophene rings is 1. The molecule has 0 unspecified atom stereocenters. The normalized spacial score (nSPS) is 12.9. The van der Waals surface area contributed by atoms with Crippen molar-refractivity contribution in [2.24, 2.45) is 0 Å². The van der Waals surface area contributed by atoms with Crippen molar-refractivity contribution in [3.63, 3.8) is 0 Å². The molecule has 8 aromatic carbocycles. The van der Waals surface area contributed by atoms with Gasteiger partial charge in [0.2, 0.25) is 0 Å². The molecule has 0 aliphatic heterocycles. The van der Waals surface area contributed by atoms with Gasteiger partial charge < -0.3 is 4.90 Å². The van der Waals surface area contributed by atoms with Crippen molar-refractivity contribution in [2.45, 2.75) is 19.3 Å². The van der Waals surface area contributed by atoms with Crippen LogP contribution in [0.1, 0.15) is 25.0 Å². The summed E-state index contributed by atoms with van der Waals surface area (Å²) >= 11 is 1.88. The first-order valence-corrected chi connectivity index (χ1v) is 19.2. The van der Waals surface area contributed by atoms with E-state index >= 15 is 0 Å². The first kappa shape index (κ1) is 31.5. The summed E-state index contributed by atoms with van der Waals surface area (Å²) < 4.78 is 2.67. The van der Waals surface area contributed by atoms with Gasteiger partial charge in [-0.15, -0.1) is 11.3 Å². The van der Waals surface area contributed by atoms with Crippen LogP contribution in [0.2, 0.25) is 0 Å². The Hall–Kier alpha value is -6.22. The first-order valence-electron chi connectivity index (χ1n) is 18.3. The van der Waals surface area contributed by atoms with Crippen LogP contribution in [-0.4, -0.2) is 0 Å². The van der Waals surface area contributed by atoms with Gasteiger partial charge in [-0.1, -0.05) is 153 Å². The maximum Gasteiger partial charge on any atom is 0.0465 e. The lowest BCUT2D eigenvalue weighted by Gasteiger charge is -2.28. The number of hydrogen-bond acceptors (Lipinski definition) is 2. The molecule has 0 saturated carbocycles. The van der Waals surface area contributed by atoms with Crippen LogP contribution in [-0.2, 0) is 5.41 Å². The van der Waals surface area contributed by atoms with Crippen molar-refractivity contribution < 1.29 is 0 Å². The molecule has 0 bridgehead atoms. The van der Waals surface area contributed by atoms with Gasteiger partial charge in [0.15, 0.2) is 0 Å². The van der Waals surface area contributed by atoms with E-state index < -0.39 is 0 Å². The van der Waals surface area contributed by atoms with Gasteiger partial charge in [-0.05, 0) is 104 Å². The topological polar surface area (TPSA) is 3.24 Å². The summed E-state index contributed by atoms with van der Waals surface area (Å²) in [6.45, 7) is 4.75. The SMILES string of the molecule is CC1(C)c2cc(-c3ccccc3)ccc2-c2ccc(N(c3ccc(-c4ccccc4)cc3)c3ccc(-c4cccc5c4sc4ccccc45)cc3)cc21. The first-order chi connectivity index (χ1) is 26.0. The molecular weight excluding hydrogens is 659 g/mol. The highest BCUT2D eigenvalue weighted by atomic mass is 32.1. The largest absolute Gasteiger partial charge is 0.310 e. The number of anilines is 3. The second kappa shape index (κ2) is 12.5. The Bertz CT molecular complexity index is 2780. The number of nitrogens with zero attached hydrogens (tertiary/aromatic N) is 1. The lowest BCUT2D eigenvalue weighted by Crippen LogP contribution is -2.16. The standard InChI is InChI=1S/C51H37NS/c1-51(2)47-32-38(35-14-7-4-8-15-35)24-30-43(47)44-31-29-41(33-48(44)51)52(39-25-20-36(21-26-39)34-12-5-3-6-13-34)40-27-22-37(23-28-40)42-17-11-18-46-45-16-9-10-19-49(45)53-50(42)46/h3-33H,1-2H3. The number of benzene rings is 8. The number of fused-ring (bicyclic) bond motifs is 6. The molecule has 0 radical (unpaired) electrons. The van der Waals surface area contributed by atoms with E-state index in [1.807, 2.05) is 11.3 Å². The van der Waals surface area contributed by atoms with Crippen LogP contribution in [0.5, 0.6) is 0 Å². The molecular formula is C51H37NS. The summed E-state index contributed by atoms with van der Waals surface area (Å²) in [6.07, 6.45) is 0.